The zero-order chi connectivity index (χ0) is 22.3. The molecule has 2 aromatic carbocycles. The second kappa shape index (κ2) is 10.9. The monoisotopic (exact) mass is 425 g/mol. The molecule has 0 aliphatic heterocycles. The number of thiocarbonyl (C=S) groups is 1. The van der Waals surface area contributed by atoms with E-state index in [1.165, 1.54) is 5.56 Å². The molecule has 0 saturated heterocycles. The summed E-state index contributed by atoms with van der Waals surface area (Å²) in [5.74, 6) is -0.159. The number of rotatable bonds is 7. The van der Waals surface area contributed by atoms with Gasteiger partial charge in [0.15, 0.2) is 5.11 Å². The van der Waals surface area contributed by atoms with Crippen LogP contribution in [0.1, 0.15) is 62.0 Å². The lowest BCUT2D eigenvalue weighted by atomic mass is 9.96. The molecule has 1 unspecified atom stereocenters. The van der Waals surface area contributed by atoms with E-state index in [-0.39, 0.29) is 28.9 Å². The maximum Gasteiger partial charge on any atom is 0.253 e. The summed E-state index contributed by atoms with van der Waals surface area (Å²) >= 11 is 5.31. The van der Waals surface area contributed by atoms with E-state index in [2.05, 4.69) is 41.9 Å². The van der Waals surface area contributed by atoms with Crippen LogP contribution in [-0.4, -0.2) is 23.0 Å². The van der Waals surface area contributed by atoms with E-state index in [1.807, 2.05) is 32.9 Å². The van der Waals surface area contributed by atoms with Gasteiger partial charge in [-0.15, -0.1) is 0 Å². The summed E-state index contributed by atoms with van der Waals surface area (Å²) in [7, 11) is 0. The van der Waals surface area contributed by atoms with Crippen molar-refractivity contribution >= 4 is 34.8 Å². The van der Waals surface area contributed by atoms with Gasteiger partial charge in [-0.05, 0) is 68.6 Å². The van der Waals surface area contributed by atoms with Gasteiger partial charge in [0.2, 0.25) is 5.91 Å². The van der Waals surface area contributed by atoms with E-state index >= 15 is 0 Å². The summed E-state index contributed by atoms with van der Waals surface area (Å²) in [5.41, 5.74) is 3.21. The topological polar surface area (TPSA) is 70.2 Å². The van der Waals surface area contributed by atoms with Crippen molar-refractivity contribution in [3.63, 3.8) is 0 Å². The third kappa shape index (κ3) is 6.95. The Balaban J connectivity index is 2.01. The molecule has 160 valence electrons. The molecule has 0 fully saturated rings. The molecular weight excluding hydrogens is 394 g/mol. The van der Waals surface area contributed by atoms with Crippen LogP contribution < -0.4 is 16.0 Å². The van der Waals surface area contributed by atoms with Crippen molar-refractivity contribution in [2.75, 3.05) is 5.32 Å². The molecule has 0 saturated carbocycles. The van der Waals surface area contributed by atoms with E-state index < -0.39 is 0 Å². The Morgan fingerprint density at radius 1 is 0.933 bits per heavy atom. The van der Waals surface area contributed by atoms with Gasteiger partial charge in [0.05, 0.1) is 17.2 Å². The number of para-hydroxylation sites is 1. The highest BCUT2D eigenvalue weighted by Crippen LogP contribution is 2.19. The predicted octanol–water partition coefficient (Wildman–Crippen LogP) is 4.64. The quantitative estimate of drug-likeness (QED) is 0.565. The third-order valence-electron chi connectivity index (χ3n) is 4.59. The number of benzene rings is 2. The van der Waals surface area contributed by atoms with Crippen LogP contribution in [0.3, 0.4) is 0 Å². The van der Waals surface area contributed by atoms with Crippen molar-refractivity contribution < 1.29 is 9.59 Å². The second-order valence-corrected chi connectivity index (χ2v) is 8.59. The van der Waals surface area contributed by atoms with Crippen molar-refractivity contribution in [1.29, 1.82) is 0 Å². The van der Waals surface area contributed by atoms with Crippen LogP contribution in [-0.2, 0) is 11.2 Å². The number of anilines is 1. The van der Waals surface area contributed by atoms with E-state index in [1.54, 1.807) is 24.3 Å². The van der Waals surface area contributed by atoms with Crippen molar-refractivity contribution in [3.8, 4) is 0 Å². The molecule has 0 radical (unpaired) electrons. The third-order valence-corrected chi connectivity index (χ3v) is 4.80. The van der Waals surface area contributed by atoms with Crippen LogP contribution in [0.2, 0.25) is 0 Å². The van der Waals surface area contributed by atoms with E-state index in [9.17, 15) is 9.59 Å². The maximum absolute atomic E-state index is 12.7. The fourth-order valence-electron chi connectivity index (χ4n) is 3.07. The molecule has 30 heavy (non-hydrogen) atoms. The van der Waals surface area contributed by atoms with Gasteiger partial charge in [-0.2, -0.15) is 0 Å². The van der Waals surface area contributed by atoms with Crippen LogP contribution in [0.15, 0.2) is 48.5 Å². The first kappa shape index (κ1) is 23.5. The van der Waals surface area contributed by atoms with Gasteiger partial charge in [-0.25, -0.2) is 0 Å². The number of hydrogen-bond donors (Lipinski definition) is 3. The average Bonchev–Trinajstić information content (AvgIpc) is 2.67. The lowest BCUT2D eigenvalue weighted by Crippen LogP contribution is -2.37. The van der Waals surface area contributed by atoms with Crippen molar-refractivity contribution in [2.24, 2.45) is 5.92 Å². The highest BCUT2D eigenvalue weighted by molar-refractivity contribution is 7.80. The summed E-state index contributed by atoms with van der Waals surface area (Å²) in [4.78, 5) is 25.0. The van der Waals surface area contributed by atoms with Gasteiger partial charge in [0.25, 0.3) is 5.91 Å². The Morgan fingerprint density at radius 2 is 1.57 bits per heavy atom. The SMILES string of the molecule is CC(C)Cc1ccc(C(C)C(=O)NC(=S)Nc2ccccc2C(=O)NC(C)C)cc1. The molecule has 0 aromatic heterocycles. The van der Waals surface area contributed by atoms with Crippen LogP contribution in [0, 0.1) is 5.92 Å². The summed E-state index contributed by atoms with van der Waals surface area (Å²) < 4.78 is 0. The molecule has 0 heterocycles. The Hall–Kier alpha value is -2.73. The lowest BCUT2D eigenvalue weighted by Gasteiger charge is -2.17. The summed E-state index contributed by atoms with van der Waals surface area (Å²) in [5, 5.41) is 8.72. The minimum absolute atomic E-state index is 0.0185. The standard InChI is InChI=1S/C24H31N3O2S/c1-15(2)14-18-10-12-19(13-11-18)17(5)22(28)27-24(30)26-21-9-7-6-8-20(21)23(29)25-16(3)4/h6-13,15-17H,14H2,1-5H3,(H,25,29)(H2,26,27,28,30). The largest absolute Gasteiger partial charge is 0.350 e. The molecule has 1 atom stereocenters. The smallest absolute Gasteiger partial charge is 0.253 e. The molecule has 6 heteroatoms. The van der Waals surface area contributed by atoms with Crippen LogP contribution in [0.5, 0.6) is 0 Å². The van der Waals surface area contributed by atoms with E-state index in [0.717, 1.165) is 12.0 Å². The number of amides is 2. The summed E-state index contributed by atoms with van der Waals surface area (Å²) in [6.45, 7) is 10.0. The molecule has 0 spiro atoms. The van der Waals surface area contributed by atoms with E-state index in [4.69, 9.17) is 12.2 Å². The summed E-state index contributed by atoms with van der Waals surface area (Å²) in [6, 6.07) is 15.2. The molecule has 0 aliphatic rings. The molecular formula is C24H31N3O2S. The predicted molar refractivity (Wildman–Crippen MR) is 127 cm³/mol. The highest BCUT2D eigenvalue weighted by Gasteiger charge is 2.18. The first-order chi connectivity index (χ1) is 14.2. The number of carbonyl (C=O) groups excluding carboxylic acids is 2. The van der Waals surface area contributed by atoms with Gasteiger partial charge >= 0.3 is 0 Å². The van der Waals surface area contributed by atoms with Gasteiger partial charge in [0, 0.05) is 6.04 Å². The van der Waals surface area contributed by atoms with Crippen LogP contribution in [0.25, 0.3) is 0 Å². The number of carbonyl (C=O) groups is 2. The molecule has 2 aromatic rings. The zero-order valence-corrected chi connectivity index (χ0v) is 19.1. The minimum Gasteiger partial charge on any atom is -0.350 e. The Bertz CT molecular complexity index is 892. The minimum atomic E-state index is -0.350. The Labute approximate surface area is 184 Å². The van der Waals surface area contributed by atoms with Gasteiger partial charge in [-0.3, -0.25) is 9.59 Å². The summed E-state index contributed by atoms with van der Waals surface area (Å²) in [6.07, 6.45) is 1.01. The van der Waals surface area contributed by atoms with Crippen LogP contribution in [0.4, 0.5) is 5.69 Å². The number of hydrogen-bond acceptors (Lipinski definition) is 3. The zero-order valence-electron chi connectivity index (χ0n) is 18.3. The fourth-order valence-corrected chi connectivity index (χ4v) is 3.28. The maximum atomic E-state index is 12.7. The lowest BCUT2D eigenvalue weighted by molar-refractivity contribution is -0.120. The molecule has 0 bridgehead atoms. The second-order valence-electron chi connectivity index (χ2n) is 8.18. The van der Waals surface area contributed by atoms with E-state index in [0.29, 0.717) is 17.2 Å². The van der Waals surface area contributed by atoms with Crippen molar-refractivity contribution in [1.82, 2.24) is 10.6 Å². The van der Waals surface area contributed by atoms with Gasteiger partial charge < -0.3 is 16.0 Å². The van der Waals surface area contributed by atoms with Gasteiger partial charge in [0.1, 0.15) is 0 Å². The number of nitrogens with one attached hydrogen (secondary N) is 3. The normalized spacial score (nSPS) is 11.8. The molecule has 2 amide bonds. The highest BCUT2D eigenvalue weighted by atomic mass is 32.1. The molecule has 0 aliphatic carbocycles. The molecule has 2 rings (SSSR count). The first-order valence-electron chi connectivity index (χ1n) is 10.3. The average molecular weight is 426 g/mol. The Kier molecular flexibility index (Phi) is 8.54. The van der Waals surface area contributed by atoms with Gasteiger partial charge in [-0.1, -0.05) is 50.2 Å². The van der Waals surface area contributed by atoms with Crippen molar-refractivity contribution in [3.05, 3.63) is 65.2 Å². The first-order valence-corrected chi connectivity index (χ1v) is 10.7. The Morgan fingerprint density at radius 3 is 2.17 bits per heavy atom. The van der Waals surface area contributed by atoms with Crippen molar-refractivity contribution in [2.45, 2.75) is 53.0 Å². The molecule has 3 N–H and O–H groups in total. The fraction of sp³-hybridized carbons (Fsp3) is 0.375. The van der Waals surface area contributed by atoms with Crippen LogP contribution >= 0.6 is 12.2 Å². The molecule has 5 nitrogen and oxygen atoms in total.